The number of hydrogen-bond acceptors (Lipinski definition) is 3. The molecule has 76 valence electrons. The van der Waals surface area contributed by atoms with Crippen molar-refractivity contribution in [3.63, 3.8) is 0 Å². The Morgan fingerprint density at radius 3 is 2.67 bits per heavy atom. The zero-order valence-electron chi connectivity index (χ0n) is 7.81. The molecule has 1 aliphatic heterocycles. The van der Waals surface area contributed by atoms with Gasteiger partial charge in [0.1, 0.15) is 12.5 Å². The third kappa shape index (κ3) is 2.31. The van der Waals surface area contributed by atoms with Crippen molar-refractivity contribution in [1.29, 1.82) is 5.26 Å². The zero-order chi connectivity index (χ0) is 10.7. The van der Waals surface area contributed by atoms with Gasteiger partial charge in [-0.15, -0.1) is 0 Å². The van der Waals surface area contributed by atoms with Crippen LogP contribution in [0, 0.1) is 11.3 Å². The van der Waals surface area contributed by atoms with Crippen molar-refractivity contribution in [2.24, 2.45) is 0 Å². The molecule has 15 heavy (non-hydrogen) atoms. The number of hydrogen-bond donors (Lipinski definition) is 0. The number of nitriles is 1. The van der Waals surface area contributed by atoms with Crippen molar-refractivity contribution in [3.8, 4) is 6.07 Å². The molecule has 0 N–H and O–H groups in total. The van der Waals surface area contributed by atoms with Gasteiger partial charge in [-0.3, -0.25) is 0 Å². The minimum atomic E-state index is -0.389. The first-order chi connectivity index (χ1) is 7.29. The molecule has 4 heteroatoms. The summed E-state index contributed by atoms with van der Waals surface area (Å²) in [6.45, 7) is 0. The van der Waals surface area contributed by atoms with E-state index in [9.17, 15) is 0 Å². The van der Waals surface area contributed by atoms with E-state index in [2.05, 4.69) is 22.0 Å². The van der Waals surface area contributed by atoms with Crippen LogP contribution in [0.15, 0.2) is 35.2 Å². The molecule has 0 atom stereocenters. The first-order valence-electron chi connectivity index (χ1n) is 4.42. The Kier molecular flexibility index (Phi) is 2.93. The summed E-state index contributed by atoms with van der Waals surface area (Å²) in [6.07, 6.45) is 3.01. The molecule has 1 aromatic rings. The maximum atomic E-state index is 8.63. The molecule has 1 heterocycles. The lowest BCUT2D eigenvalue weighted by Crippen LogP contribution is -1.99. The maximum absolute atomic E-state index is 8.63. The second kappa shape index (κ2) is 4.37. The monoisotopic (exact) mass is 265 g/mol. The van der Waals surface area contributed by atoms with Gasteiger partial charge in [0.05, 0.1) is 12.5 Å². The normalized spacial score (nSPS) is 14.4. The van der Waals surface area contributed by atoms with Gasteiger partial charge in [-0.2, -0.15) is 5.26 Å². The summed E-state index contributed by atoms with van der Waals surface area (Å²) in [7, 11) is 0. The highest BCUT2D eigenvalue weighted by atomic mass is 79.9. The summed E-state index contributed by atoms with van der Waals surface area (Å²) >= 11 is 3.39. The lowest BCUT2D eigenvalue weighted by atomic mass is 10.1. The first kappa shape index (κ1) is 10.1. The molecule has 0 fully saturated rings. The van der Waals surface area contributed by atoms with Gasteiger partial charge < -0.3 is 9.47 Å². The third-order valence-electron chi connectivity index (χ3n) is 2.00. The first-order valence-corrected chi connectivity index (χ1v) is 5.21. The number of ether oxygens (including phenoxy) is 2. The SMILES string of the molecule is N#CCc1cc(Br)cc(C2OC=CO2)c1. The molecule has 1 aliphatic rings. The molecule has 0 aromatic heterocycles. The Balaban J connectivity index is 2.27. The molecular formula is C11H8BrNO2. The zero-order valence-corrected chi connectivity index (χ0v) is 9.40. The van der Waals surface area contributed by atoms with Crippen LogP contribution in [0.5, 0.6) is 0 Å². The van der Waals surface area contributed by atoms with E-state index >= 15 is 0 Å². The van der Waals surface area contributed by atoms with Gasteiger partial charge in [-0.1, -0.05) is 15.9 Å². The van der Waals surface area contributed by atoms with Crippen LogP contribution in [0.4, 0.5) is 0 Å². The van der Waals surface area contributed by atoms with Crippen LogP contribution in [-0.2, 0) is 15.9 Å². The predicted molar refractivity (Wildman–Crippen MR) is 57.5 cm³/mol. The van der Waals surface area contributed by atoms with E-state index in [0.29, 0.717) is 6.42 Å². The van der Waals surface area contributed by atoms with Crippen molar-refractivity contribution in [1.82, 2.24) is 0 Å². The number of rotatable bonds is 2. The van der Waals surface area contributed by atoms with Crippen LogP contribution in [0.25, 0.3) is 0 Å². The van der Waals surface area contributed by atoms with Gasteiger partial charge >= 0.3 is 0 Å². The predicted octanol–water partition coefficient (Wildman–Crippen LogP) is 3.03. The van der Waals surface area contributed by atoms with E-state index in [1.807, 2.05) is 18.2 Å². The summed E-state index contributed by atoms with van der Waals surface area (Å²) in [6, 6.07) is 7.85. The topological polar surface area (TPSA) is 42.2 Å². The van der Waals surface area contributed by atoms with Crippen LogP contribution in [-0.4, -0.2) is 0 Å². The number of benzene rings is 1. The van der Waals surface area contributed by atoms with E-state index in [-0.39, 0.29) is 6.29 Å². The van der Waals surface area contributed by atoms with Crippen LogP contribution >= 0.6 is 15.9 Å². The fraction of sp³-hybridized carbons (Fsp3) is 0.182. The number of nitrogens with zero attached hydrogens (tertiary/aromatic N) is 1. The third-order valence-corrected chi connectivity index (χ3v) is 2.45. The van der Waals surface area contributed by atoms with Crippen molar-refractivity contribution in [3.05, 3.63) is 46.3 Å². The molecule has 0 saturated carbocycles. The molecule has 1 aromatic carbocycles. The summed E-state index contributed by atoms with van der Waals surface area (Å²) < 4.78 is 11.4. The van der Waals surface area contributed by atoms with Gasteiger partial charge in [0, 0.05) is 10.0 Å². The molecule has 0 aliphatic carbocycles. The quantitative estimate of drug-likeness (QED) is 0.826. The second-order valence-electron chi connectivity index (χ2n) is 3.10. The maximum Gasteiger partial charge on any atom is 0.266 e. The van der Waals surface area contributed by atoms with Crippen molar-refractivity contribution >= 4 is 15.9 Å². The van der Waals surface area contributed by atoms with Gasteiger partial charge in [-0.05, 0) is 23.8 Å². The van der Waals surface area contributed by atoms with E-state index in [4.69, 9.17) is 14.7 Å². The Morgan fingerprint density at radius 2 is 2.00 bits per heavy atom. The smallest absolute Gasteiger partial charge is 0.266 e. The molecular weight excluding hydrogens is 258 g/mol. The fourth-order valence-corrected chi connectivity index (χ4v) is 1.96. The lowest BCUT2D eigenvalue weighted by Gasteiger charge is -2.11. The summed E-state index contributed by atoms with van der Waals surface area (Å²) in [5.41, 5.74) is 1.85. The number of halogens is 1. The van der Waals surface area contributed by atoms with Crippen LogP contribution in [0.2, 0.25) is 0 Å². The van der Waals surface area contributed by atoms with Crippen molar-refractivity contribution in [2.75, 3.05) is 0 Å². The summed E-state index contributed by atoms with van der Waals surface area (Å²) in [5, 5.41) is 8.63. The Morgan fingerprint density at radius 1 is 1.27 bits per heavy atom. The fourth-order valence-electron chi connectivity index (χ4n) is 1.40. The van der Waals surface area contributed by atoms with E-state index in [0.717, 1.165) is 15.6 Å². The van der Waals surface area contributed by atoms with Gasteiger partial charge in [-0.25, -0.2) is 0 Å². The largest absolute Gasteiger partial charge is 0.455 e. The highest BCUT2D eigenvalue weighted by molar-refractivity contribution is 9.10. The average molecular weight is 266 g/mol. The van der Waals surface area contributed by atoms with Crippen LogP contribution < -0.4 is 0 Å². The molecule has 0 amide bonds. The second-order valence-corrected chi connectivity index (χ2v) is 4.02. The molecule has 0 unspecified atom stereocenters. The van der Waals surface area contributed by atoms with Gasteiger partial charge in [0.25, 0.3) is 6.29 Å². The van der Waals surface area contributed by atoms with Gasteiger partial charge in [0.2, 0.25) is 0 Å². The summed E-state index contributed by atoms with van der Waals surface area (Å²) in [5.74, 6) is 0. The molecule has 0 bridgehead atoms. The summed E-state index contributed by atoms with van der Waals surface area (Å²) in [4.78, 5) is 0. The van der Waals surface area contributed by atoms with E-state index < -0.39 is 0 Å². The standard InChI is InChI=1S/C11H8BrNO2/c12-10-6-8(1-2-13)5-9(7-10)11-14-3-4-15-11/h3-7,11H,1H2. The van der Waals surface area contributed by atoms with E-state index in [1.165, 1.54) is 12.5 Å². The Labute approximate surface area is 96.0 Å². The molecule has 0 saturated heterocycles. The highest BCUT2D eigenvalue weighted by Crippen LogP contribution is 2.27. The minimum Gasteiger partial charge on any atom is -0.455 e. The van der Waals surface area contributed by atoms with Crippen molar-refractivity contribution in [2.45, 2.75) is 12.7 Å². The van der Waals surface area contributed by atoms with E-state index in [1.54, 1.807) is 0 Å². The van der Waals surface area contributed by atoms with Crippen LogP contribution in [0.3, 0.4) is 0 Å². The van der Waals surface area contributed by atoms with Gasteiger partial charge in [0.15, 0.2) is 0 Å². The van der Waals surface area contributed by atoms with Crippen LogP contribution in [0.1, 0.15) is 17.4 Å². The molecule has 0 radical (unpaired) electrons. The molecule has 3 nitrogen and oxygen atoms in total. The van der Waals surface area contributed by atoms with Crippen molar-refractivity contribution < 1.29 is 9.47 Å². The average Bonchev–Trinajstić information content (AvgIpc) is 2.70. The minimum absolute atomic E-state index is 0.382. The lowest BCUT2D eigenvalue weighted by molar-refractivity contribution is -0.0246. The Hall–Kier alpha value is -1.47. The highest BCUT2D eigenvalue weighted by Gasteiger charge is 2.16. The molecule has 0 spiro atoms. The molecule has 2 rings (SSSR count). The Bertz CT molecular complexity index is 429.